The highest BCUT2D eigenvalue weighted by Crippen LogP contribution is 2.32. The molecule has 0 aliphatic rings. The SMILES string of the molecule is N#CCCC(=O)CNC(=O)Cc1nc2cc(-c3cccc4ccccc34)ccc2s1. The normalized spacial score (nSPS) is 10.8. The van der Waals surface area contributed by atoms with Crippen LogP contribution in [0.3, 0.4) is 0 Å². The molecule has 1 amide bonds. The Kier molecular flexibility index (Phi) is 5.82. The third-order valence-electron chi connectivity index (χ3n) is 4.84. The smallest absolute Gasteiger partial charge is 0.227 e. The first-order valence-electron chi connectivity index (χ1n) is 9.67. The standard InChI is InChI=1S/C24H19N3O2S/c25-12-4-7-18(28)15-26-23(29)14-24-27-21-13-17(10-11-22(21)30-24)20-9-3-6-16-5-1-2-8-19(16)20/h1-3,5-6,8-11,13H,4,7,14-15H2,(H,26,29). The molecule has 30 heavy (non-hydrogen) atoms. The zero-order valence-electron chi connectivity index (χ0n) is 16.2. The fourth-order valence-corrected chi connectivity index (χ4v) is 4.32. The number of thiazole rings is 1. The van der Waals surface area contributed by atoms with Gasteiger partial charge in [-0.15, -0.1) is 11.3 Å². The Morgan fingerprint density at radius 1 is 1.07 bits per heavy atom. The van der Waals surface area contributed by atoms with Crippen LogP contribution in [0.15, 0.2) is 60.7 Å². The third-order valence-corrected chi connectivity index (χ3v) is 5.88. The number of nitriles is 1. The molecule has 0 bridgehead atoms. The highest BCUT2D eigenvalue weighted by molar-refractivity contribution is 7.18. The molecular formula is C24H19N3O2S. The molecule has 0 aliphatic carbocycles. The second-order valence-corrected chi connectivity index (χ2v) is 8.08. The lowest BCUT2D eigenvalue weighted by molar-refractivity contribution is -0.124. The summed E-state index contributed by atoms with van der Waals surface area (Å²) in [6, 6.07) is 22.6. The van der Waals surface area contributed by atoms with Crippen LogP contribution in [0.5, 0.6) is 0 Å². The third kappa shape index (κ3) is 4.37. The number of amides is 1. The Balaban J connectivity index is 1.51. The van der Waals surface area contributed by atoms with Gasteiger partial charge in [-0.05, 0) is 34.0 Å². The van der Waals surface area contributed by atoms with Crippen molar-refractivity contribution in [2.45, 2.75) is 19.3 Å². The first kappa shape index (κ1) is 19.7. The number of nitrogens with one attached hydrogen (secondary N) is 1. The van der Waals surface area contributed by atoms with Gasteiger partial charge >= 0.3 is 0 Å². The van der Waals surface area contributed by atoms with Gasteiger partial charge in [-0.25, -0.2) is 4.98 Å². The fourth-order valence-electron chi connectivity index (χ4n) is 3.38. The molecule has 1 aromatic heterocycles. The molecule has 0 spiro atoms. The Hall–Kier alpha value is -3.56. The minimum atomic E-state index is -0.242. The number of fused-ring (bicyclic) bond motifs is 2. The molecule has 0 fully saturated rings. The van der Waals surface area contributed by atoms with E-state index in [0.717, 1.165) is 21.3 Å². The number of hydrogen-bond donors (Lipinski definition) is 1. The summed E-state index contributed by atoms with van der Waals surface area (Å²) in [6.45, 7) is -0.0450. The van der Waals surface area contributed by atoms with E-state index in [-0.39, 0.29) is 37.5 Å². The van der Waals surface area contributed by atoms with E-state index in [9.17, 15) is 9.59 Å². The summed E-state index contributed by atoms with van der Waals surface area (Å²) in [5, 5.41) is 14.2. The summed E-state index contributed by atoms with van der Waals surface area (Å²) >= 11 is 1.48. The van der Waals surface area contributed by atoms with Gasteiger partial charge in [0.1, 0.15) is 5.01 Å². The van der Waals surface area contributed by atoms with Gasteiger partial charge in [0.05, 0.1) is 29.3 Å². The predicted octanol–water partition coefficient (Wildman–Crippen LogP) is 4.65. The molecule has 148 valence electrons. The van der Waals surface area contributed by atoms with Crippen molar-refractivity contribution in [1.82, 2.24) is 10.3 Å². The van der Waals surface area contributed by atoms with E-state index in [1.54, 1.807) is 0 Å². The summed E-state index contributed by atoms with van der Waals surface area (Å²) in [4.78, 5) is 28.4. The summed E-state index contributed by atoms with van der Waals surface area (Å²) < 4.78 is 1.02. The van der Waals surface area contributed by atoms with E-state index < -0.39 is 0 Å². The number of hydrogen-bond acceptors (Lipinski definition) is 5. The zero-order valence-corrected chi connectivity index (χ0v) is 17.0. The molecule has 1 heterocycles. The molecule has 4 aromatic rings. The van der Waals surface area contributed by atoms with Crippen molar-refractivity contribution in [3.05, 3.63) is 65.7 Å². The number of aromatic nitrogens is 1. The highest BCUT2D eigenvalue weighted by atomic mass is 32.1. The molecule has 0 unspecified atom stereocenters. The van der Waals surface area contributed by atoms with Crippen molar-refractivity contribution in [1.29, 1.82) is 5.26 Å². The van der Waals surface area contributed by atoms with E-state index in [1.165, 1.54) is 22.1 Å². The number of ketones is 1. The minimum absolute atomic E-state index is 0.0450. The summed E-state index contributed by atoms with van der Waals surface area (Å²) in [5.74, 6) is -0.387. The lowest BCUT2D eigenvalue weighted by Crippen LogP contribution is -2.30. The summed E-state index contributed by atoms with van der Waals surface area (Å²) in [7, 11) is 0. The van der Waals surface area contributed by atoms with E-state index in [1.807, 2.05) is 24.3 Å². The minimum Gasteiger partial charge on any atom is -0.349 e. The lowest BCUT2D eigenvalue weighted by atomic mass is 9.98. The van der Waals surface area contributed by atoms with E-state index in [2.05, 4.69) is 52.8 Å². The Morgan fingerprint density at radius 2 is 1.90 bits per heavy atom. The molecule has 0 saturated carbocycles. The quantitative estimate of drug-likeness (QED) is 0.478. The number of nitrogens with zero attached hydrogens (tertiary/aromatic N) is 2. The second kappa shape index (κ2) is 8.85. The molecule has 0 radical (unpaired) electrons. The van der Waals surface area contributed by atoms with Gasteiger partial charge in [-0.3, -0.25) is 9.59 Å². The monoisotopic (exact) mass is 413 g/mol. The first-order valence-corrected chi connectivity index (χ1v) is 10.5. The Morgan fingerprint density at radius 3 is 2.77 bits per heavy atom. The average molecular weight is 414 g/mol. The molecule has 4 rings (SSSR count). The second-order valence-electron chi connectivity index (χ2n) is 6.97. The maximum atomic E-state index is 12.1. The van der Waals surface area contributed by atoms with Crippen molar-refractivity contribution >= 4 is 44.0 Å². The number of Topliss-reactive ketones (excluding diaryl/α,β-unsaturated/α-hetero) is 1. The maximum absolute atomic E-state index is 12.1. The van der Waals surface area contributed by atoms with Gasteiger partial charge in [0.15, 0.2) is 5.78 Å². The molecular weight excluding hydrogens is 394 g/mol. The number of carbonyl (C=O) groups excluding carboxylic acids is 2. The largest absolute Gasteiger partial charge is 0.349 e. The molecule has 0 aliphatic heterocycles. The zero-order chi connectivity index (χ0) is 20.9. The van der Waals surface area contributed by atoms with Crippen LogP contribution < -0.4 is 5.32 Å². The van der Waals surface area contributed by atoms with E-state index in [0.29, 0.717) is 5.01 Å². The maximum Gasteiger partial charge on any atom is 0.227 e. The first-order chi connectivity index (χ1) is 14.6. The van der Waals surface area contributed by atoms with Crippen molar-refractivity contribution in [3.63, 3.8) is 0 Å². The molecule has 0 saturated heterocycles. The summed E-state index contributed by atoms with van der Waals surface area (Å²) in [5.41, 5.74) is 3.10. The van der Waals surface area contributed by atoms with Crippen LogP contribution >= 0.6 is 11.3 Å². The van der Waals surface area contributed by atoms with Gasteiger partial charge in [0, 0.05) is 12.8 Å². The van der Waals surface area contributed by atoms with Crippen LogP contribution in [0.4, 0.5) is 0 Å². The summed E-state index contributed by atoms with van der Waals surface area (Å²) in [6.07, 6.45) is 0.467. The molecule has 5 nitrogen and oxygen atoms in total. The predicted molar refractivity (Wildman–Crippen MR) is 119 cm³/mol. The number of benzene rings is 3. The molecule has 0 atom stereocenters. The van der Waals surface area contributed by atoms with Crippen molar-refractivity contribution in [2.75, 3.05) is 6.54 Å². The number of carbonyl (C=O) groups is 2. The van der Waals surface area contributed by atoms with Crippen molar-refractivity contribution in [3.8, 4) is 17.2 Å². The van der Waals surface area contributed by atoms with Crippen LogP contribution in [0.2, 0.25) is 0 Å². The fraction of sp³-hybridized carbons (Fsp3) is 0.167. The molecule has 6 heteroatoms. The van der Waals surface area contributed by atoms with E-state index in [4.69, 9.17) is 5.26 Å². The van der Waals surface area contributed by atoms with Crippen LogP contribution in [0, 0.1) is 11.3 Å². The van der Waals surface area contributed by atoms with Gasteiger partial charge in [-0.2, -0.15) is 5.26 Å². The topological polar surface area (TPSA) is 82.9 Å². The van der Waals surface area contributed by atoms with E-state index >= 15 is 0 Å². The average Bonchev–Trinajstić information content (AvgIpc) is 3.17. The molecule has 3 aromatic carbocycles. The molecule has 1 N–H and O–H groups in total. The van der Waals surface area contributed by atoms with Crippen molar-refractivity contribution < 1.29 is 9.59 Å². The van der Waals surface area contributed by atoms with Gasteiger partial charge < -0.3 is 5.32 Å². The van der Waals surface area contributed by atoms with Gasteiger partial charge in [0.2, 0.25) is 5.91 Å². The van der Waals surface area contributed by atoms with Gasteiger partial charge in [0.25, 0.3) is 0 Å². The van der Waals surface area contributed by atoms with Gasteiger partial charge in [-0.1, -0.05) is 48.5 Å². The Labute approximate surface area is 178 Å². The van der Waals surface area contributed by atoms with Crippen LogP contribution in [0.1, 0.15) is 17.8 Å². The number of rotatable bonds is 7. The van der Waals surface area contributed by atoms with Crippen LogP contribution in [-0.4, -0.2) is 23.2 Å². The Bertz CT molecular complexity index is 1280. The lowest BCUT2D eigenvalue weighted by Gasteiger charge is -2.06. The van der Waals surface area contributed by atoms with Crippen LogP contribution in [0.25, 0.3) is 32.1 Å². The van der Waals surface area contributed by atoms with Crippen LogP contribution in [-0.2, 0) is 16.0 Å². The van der Waals surface area contributed by atoms with Crippen molar-refractivity contribution in [2.24, 2.45) is 0 Å². The highest BCUT2D eigenvalue weighted by Gasteiger charge is 2.12.